The third-order valence-corrected chi connectivity index (χ3v) is 6.88. The lowest BCUT2D eigenvalue weighted by atomic mass is 9.82. The highest BCUT2D eigenvalue weighted by Crippen LogP contribution is 2.36. The quantitative estimate of drug-likeness (QED) is 0.382. The van der Waals surface area contributed by atoms with E-state index in [2.05, 4.69) is 94.1 Å². The average molecular weight is 409 g/mol. The first-order valence-corrected chi connectivity index (χ1v) is 12.0. The zero-order valence-corrected chi connectivity index (χ0v) is 19.5. The van der Waals surface area contributed by atoms with Gasteiger partial charge >= 0.3 is 0 Å². The van der Waals surface area contributed by atoms with E-state index in [1.165, 1.54) is 76.6 Å². The molecule has 0 aromatic heterocycles. The predicted octanol–water partition coefficient (Wildman–Crippen LogP) is 8.97. The minimum Gasteiger partial charge on any atom is -0.0950 e. The van der Waals surface area contributed by atoms with Crippen molar-refractivity contribution in [1.29, 1.82) is 0 Å². The molecule has 0 spiro atoms. The molecule has 1 saturated carbocycles. The van der Waals surface area contributed by atoms with Crippen molar-refractivity contribution < 1.29 is 0 Å². The molecule has 1 aliphatic carbocycles. The molecule has 0 N–H and O–H groups in total. The lowest BCUT2D eigenvalue weighted by Gasteiger charge is -2.23. The molecule has 0 unspecified atom stereocenters. The Bertz CT molecular complexity index is 1030. The van der Waals surface area contributed by atoms with E-state index in [1.54, 1.807) is 0 Å². The molecule has 0 aliphatic heterocycles. The molecule has 3 aromatic rings. The van der Waals surface area contributed by atoms with Crippen molar-refractivity contribution in [2.24, 2.45) is 5.92 Å². The van der Waals surface area contributed by atoms with Crippen LogP contribution in [0, 0.1) is 12.8 Å². The smallest absolute Gasteiger partial charge is 0.00252 e. The van der Waals surface area contributed by atoms with Crippen LogP contribution in [0.4, 0.5) is 0 Å². The summed E-state index contributed by atoms with van der Waals surface area (Å²) < 4.78 is 0. The maximum absolute atomic E-state index is 4.31. The first-order chi connectivity index (χ1) is 15.0. The van der Waals surface area contributed by atoms with Gasteiger partial charge in [-0.05, 0) is 77.0 Å². The summed E-state index contributed by atoms with van der Waals surface area (Å²) in [5, 5.41) is 0. The Balaban J connectivity index is 1.69. The summed E-state index contributed by atoms with van der Waals surface area (Å²) in [6.07, 6.45) is 7.77. The van der Waals surface area contributed by atoms with E-state index in [-0.39, 0.29) is 0 Å². The van der Waals surface area contributed by atoms with Crippen LogP contribution in [0.1, 0.15) is 79.7 Å². The molecule has 1 aliphatic rings. The Kier molecular flexibility index (Phi) is 6.76. The normalized spacial score (nSPS) is 14.7. The van der Waals surface area contributed by atoms with E-state index in [9.17, 15) is 0 Å². The highest BCUT2D eigenvalue weighted by molar-refractivity contribution is 5.67. The van der Waals surface area contributed by atoms with Crippen LogP contribution in [-0.4, -0.2) is 0 Å². The second-order valence-electron chi connectivity index (χ2n) is 9.72. The number of hydrogen-bond acceptors (Lipinski definition) is 0. The van der Waals surface area contributed by atoms with Crippen molar-refractivity contribution in [1.82, 2.24) is 0 Å². The second-order valence-corrected chi connectivity index (χ2v) is 9.72. The fraction of sp³-hybridized carbons (Fsp3) is 0.355. The Labute approximate surface area is 189 Å². The van der Waals surface area contributed by atoms with Gasteiger partial charge in [-0.2, -0.15) is 0 Å². The van der Waals surface area contributed by atoms with Gasteiger partial charge in [0.05, 0.1) is 0 Å². The van der Waals surface area contributed by atoms with Gasteiger partial charge in [-0.15, -0.1) is 0 Å². The molecule has 1 fully saturated rings. The molecule has 0 atom stereocenters. The lowest BCUT2D eigenvalue weighted by molar-refractivity contribution is 0.443. The van der Waals surface area contributed by atoms with Gasteiger partial charge < -0.3 is 0 Å². The van der Waals surface area contributed by atoms with Gasteiger partial charge in [0.25, 0.3) is 0 Å². The Hall–Kier alpha value is -2.60. The molecule has 4 rings (SSSR count). The van der Waals surface area contributed by atoms with Gasteiger partial charge in [-0.25, -0.2) is 0 Å². The lowest BCUT2D eigenvalue weighted by Crippen LogP contribution is -2.05. The van der Waals surface area contributed by atoms with Crippen LogP contribution in [0.15, 0.2) is 73.3 Å². The van der Waals surface area contributed by atoms with Crippen molar-refractivity contribution in [3.8, 4) is 11.1 Å². The highest BCUT2D eigenvalue weighted by atomic mass is 14.2. The van der Waals surface area contributed by atoms with Crippen molar-refractivity contribution in [2.45, 2.75) is 65.2 Å². The third-order valence-electron chi connectivity index (χ3n) is 6.88. The van der Waals surface area contributed by atoms with E-state index in [0.29, 0.717) is 11.8 Å². The molecule has 3 aromatic carbocycles. The fourth-order valence-electron chi connectivity index (χ4n) is 4.85. The van der Waals surface area contributed by atoms with Crippen LogP contribution in [0.25, 0.3) is 16.7 Å². The van der Waals surface area contributed by atoms with Crippen LogP contribution >= 0.6 is 0 Å². The summed E-state index contributed by atoms with van der Waals surface area (Å²) in [6.45, 7) is 10.9. The van der Waals surface area contributed by atoms with Crippen molar-refractivity contribution in [3.05, 3.63) is 101 Å². The van der Waals surface area contributed by atoms with Gasteiger partial charge in [0.1, 0.15) is 0 Å². The van der Waals surface area contributed by atoms with Gasteiger partial charge in [0.15, 0.2) is 0 Å². The zero-order chi connectivity index (χ0) is 21.8. The summed E-state index contributed by atoms with van der Waals surface area (Å²) in [6, 6.07) is 25.3. The molecule has 0 amide bonds. The number of benzene rings is 3. The summed E-state index contributed by atoms with van der Waals surface area (Å²) in [4.78, 5) is 0. The molecule has 31 heavy (non-hydrogen) atoms. The van der Waals surface area contributed by atoms with Crippen LogP contribution in [-0.2, 0) is 6.42 Å². The van der Waals surface area contributed by atoms with Crippen LogP contribution in [0.5, 0.6) is 0 Å². The van der Waals surface area contributed by atoms with Gasteiger partial charge in [0, 0.05) is 0 Å². The zero-order valence-electron chi connectivity index (χ0n) is 19.5. The average Bonchev–Trinajstić information content (AvgIpc) is 2.79. The van der Waals surface area contributed by atoms with Gasteiger partial charge in [-0.3, -0.25) is 0 Å². The molecule has 0 radical (unpaired) electrons. The third kappa shape index (κ3) is 5.37. The predicted molar refractivity (Wildman–Crippen MR) is 136 cm³/mol. The molecule has 0 nitrogen and oxygen atoms in total. The number of aryl methyl sites for hydroxylation is 1. The number of rotatable bonds is 6. The van der Waals surface area contributed by atoms with E-state index >= 15 is 0 Å². The molecule has 160 valence electrons. The summed E-state index contributed by atoms with van der Waals surface area (Å²) >= 11 is 0. The minimum atomic E-state index is 0.470. The van der Waals surface area contributed by atoms with E-state index in [1.807, 2.05) is 0 Å². The number of allylic oxidation sites excluding steroid dienone is 1. The van der Waals surface area contributed by atoms with Crippen molar-refractivity contribution >= 4 is 5.57 Å². The monoisotopic (exact) mass is 408 g/mol. The molecular weight excluding hydrogens is 372 g/mol. The largest absolute Gasteiger partial charge is 0.0950 e. The fourth-order valence-corrected chi connectivity index (χ4v) is 4.85. The molecule has 0 heteroatoms. The summed E-state index contributed by atoms with van der Waals surface area (Å²) in [5.41, 5.74) is 10.8. The maximum atomic E-state index is 4.31. The van der Waals surface area contributed by atoms with Crippen molar-refractivity contribution in [3.63, 3.8) is 0 Å². The minimum absolute atomic E-state index is 0.470. The van der Waals surface area contributed by atoms with E-state index in [0.717, 1.165) is 6.42 Å². The SMILES string of the molecule is C=C(c1cccc(Cc2cc(-c3ccc(C)cc3)cc(C3CCCCC3)c2)c1)C(C)C. The van der Waals surface area contributed by atoms with Gasteiger partial charge in [0.2, 0.25) is 0 Å². The Morgan fingerprint density at radius 2 is 1.58 bits per heavy atom. The van der Waals surface area contributed by atoms with E-state index < -0.39 is 0 Å². The summed E-state index contributed by atoms with van der Waals surface area (Å²) in [5.74, 6) is 1.18. The first-order valence-electron chi connectivity index (χ1n) is 12.0. The van der Waals surface area contributed by atoms with Crippen LogP contribution in [0.3, 0.4) is 0 Å². The molecule has 0 saturated heterocycles. The van der Waals surface area contributed by atoms with Crippen LogP contribution < -0.4 is 0 Å². The molecular formula is C31H36. The highest BCUT2D eigenvalue weighted by Gasteiger charge is 2.17. The van der Waals surface area contributed by atoms with E-state index in [4.69, 9.17) is 0 Å². The Morgan fingerprint density at radius 1 is 0.839 bits per heavy atom. The molecule has 0 heterocycles. The maximum Gasteiger partial charge on any atom is -0.00252 e. The summed E-state index contributed by atoms with van der Waals surface area (Å²) in [7, 11) is 0. The van der Waals surface area contributed by atoms with Crippen molar-refractivity contribution in [2.75, 3.05) is 0 Å². The molecule has 0 bridgehead atoms. The standard InChI is InChI=1S/C31H36/c1-22(2)24(4)29-12-8-9-25(18-29)17-26-19-30(27-10-6-5-7-11-27)21-31(20-26)28-15-13-23(3)14-16-28/h8-9,12-16,18-22,27H,4-7,10-11,17H2,1-3H3. The second kappa shape index (κ2) is 9.69. The first kappa shape index (κ1) is 21.6. The topological polar surface area (TPSA) is 0 Å². The number of hydrogen-bond donors (Lipinski definition) is 0. The van der Waals surface area contributed by atoms with Crippen LogP contribution in [0.2, 0.25) is 0 Å². The van der Waals surface area contributed by atoms with Gasteiger partial charge in [-0.1, -0.05) is 112 Å². The Morgan fingerprint density at radius 3 is 2.29 bits per heavy atom.